The predicted molar refractivity (Wildman–Crippen MR) is 58.7 cm³/mol. The van der Waals surface area contributed by atoms with Crippen molar-refractivity contribution in [3.8, 4) is 0 Å². The van der Waals surface area contributed by atoms with Crippen LogP contribution in [0.15, 0.2) is 17.1 Å². The van der Waals surface area contributed by atoms with Crippen molar-refractivity contribution >= 4 is 11.6 Å². The first kappa shape index (κ1) is 11.5. The Balaban J connectivity index is 3.02. The molecule has 0 bridgehead atoms. The maximum absolute atomic E-state index is 11.5. The summed E-state index contributed by atoms with van der Waals surface area (Å²) in [7, 11) is 0. The minimum absolute atomic E-state index is 0.125. The third-order valence-electron chi connectivity index (χ3n) is 2.02. The fourth-order valence-corrected chi connectivity index (χ4v) is 1.32. The highest BCUT2D eigenvalue weighted by atomic mass is 16.2. The zero-order valence-corrected chi connectivity index (χ0v) is 8.67. The standard InChI is InChI=1S/C10H15N3O2/c1-2-3-7-4-5-12-10(15)9(7)13-8(14)6-11/h4-5H,2-3,6,11H2,1H3,(H,12,15)(H,13,14). The lowest BCUT2D eigenvalue weighted by molar-refractivity contribution is -0.114. The number of hydrogen-bond acceptors (Lipinski definition) is 3. The van der Waals surface area contributed by atoms with Crippen LogP contribution in [0.4, 0.5) is 5.69 Å². The molecular formula is C10H15N3O2. The third kappa shape index (κ3) is 2.92. The molecule has 1 aromatic heterocycles. The largest absolute Gasteiger partial charge is 0.327 e. The number of carbonyl (C=O) groups excluding carboxylic acids is 1. The first-order valence-electron chi connectivity index (χ1n) is 4.89. The van der Waals surface area contributed by atoms with Crippen LogP contribution in [0.25, 0.3) is 0 Å². The number of anilines is 1. The highest BCUT2D eigenvalue weighted by molar-refractivity contribution is 5.92. The van der Waals surface area contributed by atoms with E-state index in [0.29, 0.717) is 5.69 Å². The second-order valence-electron chi connectivity index (χ2n) is 3.21. The van der Waals surface area contributed by atoms with Gasteiger partial charge in [0.25, 0.3) is 5.56 Å². The number of nitrogens with one attached hydrogen (secondary N) is 2. The highest BCUT2D eigenvalue weighted by Crippen LogP contribution is 2.10. The number of aromatic nitrogens is 1. The molecule has 82 valence electrons. The normalized spacial score (nSPS) is 10.0. The molecule has 0 radical (unpaired) electrons. The Bertz CT molecular complexity index is 398. The third-order valence-corrected chi connectivity index (χ3v) is 2.02. The summed E-state index contributed by atoms with van der Waals surface area (Å²) in [5, 5.41) is 2.51. The van der Waals surface area contributed by atoms with E-state index < -0.39 is 0 Å². The number of rotatable bonds is 4. The van der Waals surface area contributed by atoms with Crippen molar-refractivity contribution in [1.82, 2.24) is 4.98 Å². The molecule has 15 heavy (non-hydrogen) atoms. The van der Waals surface area contributed by atoms with Crippen molar-refractivity contribution in [1.29, 1.82) is 0 Å². The van der Waals surface area contributed by atoms with Crippen molar-refractivity contribution in [2.24, 2.45) is 5.73 Å². The topological polar surface area (TPSA) is 88.0 Å². The van der Waals surface area contributed by atoms with Gasteiger partial charge >= 0.3 is 0 Å². The summed E-state index contributed by atoms with van der Waals surface area (Å²) in [6.07, 6.45) is 3.24. The molecule has 0 saturated carbocycles. The second-order valence-corrected chi connectivity index (χ2v) is 3.21. The van der Waals surface area contributed by atoms with Crippen LogP contribution >= 0.6 is 0 Å². The minimum atomic E-state index is -0.357. The lowest BCUT2D eigenvalue weighted by Gasteiger charge is -2.07. The number of aryl methyl sites for hydroxylation is 1. The molecule has 5 nitrogen and oxygen atoms in total. The van der Waals surface area contributed by atoms with Gasteiger partial charge in [-0.3, -0.25) is 9.59 Å². The van der Waals surface area contributed by atoms with Crippen LogP contribution in [-0.4, -0.2) is 17.4 Å². The van der Waals surface area contributed by atoms with Gasteiger partial charge in [0.05, 0.1) is 6.54 Å². The van der Waals surface area contributed by atoms with E-state index in [1.54, 1.807) is 12.3 Å². The Hall–Kier alpha value is -1.62. The smallest absolute Gasteiger partial charge is 0.271 e. The van der Waals surface area contributed by atoms with Crippen LogP contribution in [-0.2, 0) is 11.2 Å². The number of H-pyrrole nitrogens is 1. The maximum atomic E-state index is 11.5. The molecule has 5 heteroatoms. The number of amides is 1. The van der Waals surface area contributed by atoms with Crippen molar-refractivity contribution in [2.45, 2.75) is 19.8 Å². The summed E-state index contributed by atoms with van der Waals surface area (Å²) in [6, 6.07) is 1.79. The molecule has 0 aliphatic heterocycles. The van der Waals surface area contributed by atoms with E-state index >= 15 is 0 Å². The van der Waals surface area contributed by atoms with Crippen molar-refractivity contribution < 1.29 is 4.79 Å². The molecule has 0 aliphatic rings. The van der Waals surface area contributed by atoms with E-state index in [9.17, 15) is 9.59 Å². The zero-order chi connectivity index (χ0) is 11.3. The average Bonchev–Trinajstić information content (AvgIpc) is 2.23. The van der Waals surface area contributed by atoms with Gasteiger partial charge in [-0.05, 0) is 18.1 Å². The van der Waals surface area contributed by atoms with Gasteiger partial charge in [0.1, 0.15) is 5.69 Å². The molecule has 0 atom stereocenters. The summed E-state index contributed by atoms with van der Waals surface area (Å²) >= 11 is 0. The van der Waals surface area contributed by atoms with Gasteiger partial charge in [0.2, 0.25) is 5.91 Å². The molecule has 4 N–H and O–H groups in total. The van der Waals surface area contributed by atoms with E-state index in [-0.39, 0.29) is 18.0 Å². The van der Waals surface area contributed by atoms with Crippen LogP contribution < -0.4 is 16.6 Å². The lowest BCUT2D eigenvalue weighted by Crippen LogP contribution is -2.26. The van der Waals surface area contributed by atoms with Crippen LogP contribution in [0.5, 0.6) is 0 Å². The number of pyridine rings is 1. The monoisotopic (exact) mass is 209 g/mol. The van der Waals surface area contributed by atoms with Gasteiger partial charge in [0.15, 0.2) is 0 Å². The lowest BCUT2D eigenvalue weighted by atomic mass is 10.1. The Labute approximate surface area is 87.7 Å². The van der Waals surface area contributed by atoms with Gasteiger partial charge in [-0.25, -0.2) is 0 Å². The molecule has 1 amide bonds. The summed E-state index contributed by atoms with van der Waals surface area (Å²) in [5.74, 6) is -0.357. The van der Waals surface area contributed by atoms with E-state index in [4.69, 9.17) is 5.73 Å². The fraction of sp³-hybridized carbons (Fsp3) is 0.400. The summed E-state index contributed by atoms with van der Waals surface area (Å²) in [6.45, 7) is 1.88. The number of carbonyl (C=O) groups is 1. The van der Waals surface area contributed by atoms with Gasteiger partial charge in [-0.1, -0.05) is 13.3 Å². The maximum Gasteiger partial charge on any atom is 0.271 e. The first-order chi connectivity index (χ1) is 7.19. The Kier molecular flexibility index (Phi) is 4.05. The van der Waals surface area contributed by atoms with Gasteiger partial charge in [-0.15, -0.1) is 0 Å². The van der Waals surface area contributed by atoms with Crippen LogP contribution in [0.3, 0.4) is 0 Å². The highest BCUT2D eigenvalue weighted by Gasteiger charge is 2.08. The summed E-state index contributed by atoms with van der Waals surface area (Å²) < 4.78 is 0. The summed E-state index contributed by atoms with van der Waals surface area (Å²) in [4.78, 5) is 25.1. The Morgan fingerprint density at radius 3 is 2.93 bits per heavy atom. The molecule has 0 aliphatic carbocycles. The average molecular weight is 209 g/mol. The van der Waals surface area contributed by atoms with Gasteiger partial charge in [0, 0.05) is 6.20 Å². The van der Waals surface area contributed by atoms with E-state index in [2.05, 4.69) is 10.3 Å². The Morgan fingerprint density at radius 2 is 2.33 bits per heavy atom. The summed E-state index contributed by atoms with van der Waals surface area (Å²) in [5.41, 5.74) is 6.03. The molecule has 0 spiro atoms. The molecule has 1 rings (SSSR count). The molecule has 0 unspecified atom stereocenters. The van der Waals surface area contributed by atoms with Crippen LogP contribution in [0.1, 0.15) is 18.9 Å². The Morgan fingerprint density at radius 1 is 1.60 bits per heavy atom. The zero-order valence-electron chi connectivity index (χ0n) is 8.67. The molecule has 1 aromatic rings. The first-order valence-corrected chi connectivity index (χ1v) is 4.89. The predicted octanol–water partition coefficient (Wildman–Crippen LogP) is 0.225. The number of hydrogen-bond donors (Lipinski definition) is 3. The minimum Gasteiger partial charge on any atom is -0.327 e. The van der Waals surface area contributed by atoms with Crippen molar-refractivity contribution in [3.63, 3.8) is 0 Å². The van der Waals surface area contributed by atoms with Crippen LogP contribution in [0.2, 0.25) is 0 Å². The quantitative estimate of drug-likeness (QED) is 0.663. The van der Waals surface area contributed by atoms with E-state index in [0.717, 1.165) is 18.4 Å². The van der Waals surface area contributed by atoms with E-state index in [1.807, 2.05) is 6.92 Å². The van der Waals surface area contributed by atoms with E-state index in [1.165, 1.54) is 0 Å². The fourth-order valence-electron chi connectivity index (χ4n) is 1.32. The van der Waals surface area contributed by atoms with Gasteiger partial charge in [-0.2, -0.15) is 0 Å². The molecule has 1 heterocycles. The number of aromatic amines is 1. The molecule has 0 aromatic carbocycles. The molecule has 0 saturated heterocycles. The second kappa shape index (κ2) is 5.31. The molecular weight excluding hydrogens is 194 g/mol. The van der Waals surface area contributed by atoms with Crippen LogP contribution in [0, 0.1) is 0 Å². The van der Waals surface area contributed by atoms with Crippen molar-refractivity contribution in [2.75, 3.05) is 11.9 Å². The SMILES string of the molecule is CCCc1cc[nH]c(=O)c1NC(=O)CN. The number of nitrogens with two attached hydrogens (primary N) is 1. The van der Waals surface area contributed by atoms with Gasteiger partial charge < -0.3 is 16.0 Å². The molecule has 0 fully saturated rings. The van der Waals surface area contributed by atoms with Crippen molar-refractivity contribution in [3.05, 3.63) is 28.2 Å².